The number of para-hydroxylation sites is 1. The molecule has 1 atom stereocenters. The van der Waals surface area contributed by atoms with E-state index >= 15 is 0 Å². The first-order valence-electron chi connectivity index (χ1n) is 7.03. The largest absolute Gasteiger partial charge is 0.485 e. The number of benzene rings is 2. The number of hydrogen-bond acceptors (Lipinski definition) is 2. The average Bonchev–Trinajstić information content (AvgIpc) is 2.41. The lowest BCUT2D eigenvalue weighted by Gasteiger charge is -2.35. The predicted octanol–water partition coefficient (Wildman–Crippen LogP) is 4.03. The Labute approximate surface area is 134 Å². The zero-order valence-corrected chi connectivity index (χ0v) is 13.0. The lowest BCUT2D eigenvalue weighted by atomic mass is 9.90. The first-order valence-corrected chi connectivity index (χ1v) is 7.03. The molecule has 1 saturated heterocycles. The number of aryl methyl sites for hydroxylation is 1. The van der Waals surface area contributed by atoms with E-state index in [9.17, 15) is 8.78 Å². The molecule has 0 bridgehead atoms. The smallest absolute Gasteiger partial charge is 0.159 e. The summed E-state index contributed by atoms with van der Waals surface area (Å²) in [6.07, 6.45) is -0.276. The highest BCUT2D eigenvalue weighted by molar-refractivity contribution is 5.85. The quantitative estimate of drug-likeness (QED) is 0.916. The van der Waals surface area contributed by atoms with Gasteiger partial charge in [0.15, 0.2) is 11.6 Å². The second-order valence-corrected chi connectivity index (χ2v) is 5.40. The predicted molar refractivity (Wildman–Crippen MR) is 84.5 cm³/mol. The summed E-state index contributed by atoms with van der Waals surface area (Å²) in [6, 6.07) is 11.7. The van der Waals surface area contributed by atoms with Gasteiger partial charge in [-0.05, 0) is 36.2 Å². The molecule has 5 heteroatoms. The van der Waals surface area contributed by atoms with Crippen LogP contribution < -0.4 is 10.1 Å². The molecule has 2 aromatic carbocycles. The second-order valence-electron chi connectivity index (χ2n) is 5.40. The fourth-order valence-corrected chi connectivity index (χ4v) is 2.48. The van der Waals surface area contributed by atoms with E-state index in [0.717, 1.165) is 30.5 Å². The van der Waals surface area contributed by atoms with E-state index in [1.54, 1.807) is 6.07 Å². The Hall–Kier alpha value is -1.65. The first-order chi connectivity index (χ1) is 10.1. The maximum Gasteiger partial charge on any atom is 0.159 e. The zero-order valence-electron chi connectivity index (χ0n) is 12.2. The Morgan fingerprint density at radius 3 is 2.41 bits per heavy atom. The van der Waals surface area contributed by atoms with E-state index in [0.29, 0.717) is 5.56 Å². The van der Waals surface area contributed by atoms with Crippen molar-refractivity contribution in [3.63, 3.8) is 0 Å². The van der Waals surface area contributed by atoms with Crippen LogP contribution in [0.1, 0.15) is 17.2 Å². The summed E-state index contributed by atoms with van der Waals surface area (Å²) in [5, 5.41) is 3.19. The molecular weight excluding hydrogens is 308 g/mol. The Bertz CT molecular complexity index is 646. The van der Waals surface area contributed by atoms with Crippen LogP contribution in [0.15, 0.2) is 42.5 Å². The summed E-state index contributed by atoms with van der Waals surface area (Å²) in [7, 11) is 0. The van der Waals surface area contributed by atoms with Gasteiger partial charge in [0.2, 0.25) is 0 Å². The topological polar surface area (TPSA) is 21.3 Å². The molecule has 1 fully saturated rings. The number of ether oxygens (including phenoxy) is 1. The molecule has 1 aliphatic heterocycles. The summed E-state index contributed by atoms with van der Waals surface area (Å²) in [6.45, 7) is 3.60. The van der Waals surface area contributed by atoms with Crippen LogP contribution in [0.25, 0.3) is 0 Å². The lowest BCUT2D eigenvalue weighted by molar-refractivity contribution is 0.0982. The van der Waals surface area contributed by atoms with Crippen LogP contribution >= 0.6 is 12.4 Å². The molecule has 0 spiro atoms. The Balaban J connectivity index is 0.00000176. The summed E-state index contributed by atoms with van der Waals surface area (Å²) in [4.78, 5) is 0. The van der Waals surface area contributed by atoms with Crippen LogP contribution in [-0.2, 0) is 0 Å². The number of nitrogens with one attached hydrogen (secondary N) is 1. The molecule has 3 rings (SSSR count). The molecule has 1 aliphatic rings. The van der Waals surface area contributed by atoms with Crippen molar-refractivity contribution in [1.29, 1.82) is 0 Å². The summed E-state index contributed by atoms with van der Waals surface area (Å²) in [5.74, 6) is -0.633. The van der Waals surface area contributed by atoms with Crippen molar-refractivity contribution < 1.29 is 13.5 Å². The van der Waals surface area contributed by atoms with Crippen LogP contribution in [0.5, 0.6) is 5.75 Å². The van der Waals surface area contributed by atoms with E-state index in [1.807, 2.05) is 31.2 Å². The van der Waals surface area contributed by atoms with Crippen LogP contribution in [0, 0.1) is 24.5 Å². The molecule has 0 aromatic heterocycles. The maximum absolute atomic E-state index is 13.5. The molecule has 0 saturated carbocycles. The highest BCUT2D eigenvalue weighted by Crippen LogP contribution is 2.32. The van der Waals surface area contributed by atoms with Crippen LogP contribution in [0.3, 0.4) is 0 Å². The third kappa shape index (κ3) is 3.39. The van der Waals surface area contributed by atoms with Crippen molar-refractivity contribution in [1.82, 2.24) is 5.32 Å². The minimum absolute atomic E-state index is 0. The van der Waals surface area contributed by atoms with Gasteiger partial charge in [-0.1, -0.05) is 24.3 Å². The summed E-state index contributed by atoms with van der Waals surface area (Å²) >= 11 is 0. The highest BCUT2D eigenvalue weighted by atomic mass is 35.5. The normalized spacial score (nSPS) is 15.6. The fourth-order valence-electron chi connectivity index (χ4n) is 2.48. The molecule has 22 heavy (non-hydrogen) atoms. The Kier molecular flexibility index (Phi) is 5.37. The minimum atomic E-state index is -0.835. The van der Waals surface area contributed by atoms with Gasteiger partial charge in [-0.3, -0.25) is 0 Å². The van der Waals surface area contributed by atoms with Gasteiger partial charge in [-0.15, -0.1) is 12.4 Å². The summed E-state index contributed by atoms with van der Waals surface area (Å²) in [5.41, 5.74) is 1.70. The van der Waals surface area contributed by atoms with Crippen LogP contribution in [0.2, 0.25) is 0 Å². The van der Waals surface area contributed by atoms with Crippen molar-refractivity contribution in [2.45, 2.75) is 13.0 Å². The Morgan fingerprint density at radius 2 is 1.82 bits per heavy atom. The van der Waals surface area contributed by atoms with Crippen molar-refractivity contribution in [2.75, 3.05) is 13.1 Å². The summed E-state index contributed by atoms with van der Waals surface area (Å²) < 4.78 is 32.7. The lowest BCUT2D eigenvalue weighted by Crippen LogP contribution is -2.46. The van der Waals surface area contributed by atoms with Gasteiger partial charge >= 0.3 is 0 Å². The van der Waals surface area contributed by atoms with Crippen LogP contribution in [0.4, 0.5) is 8.78 Å². The molecule has 0 amide bonds. The molecule has 1 unspecified atom stereocenters. The van der Waals surface area contributed by atoms with Crippen molar-refractivity contribution in [2.24, 2.45) is 5.92 Å². The first kappa shape index (κ1) is 16.7. The third-order valence-electron chi connectivity index (χ3n) is 3.86. The van der Waals surface area contributed by atoms with Crippen molar-refractivity contribution >= 4 is 12.4 Å². The fraction of sp³-hybridized carbons (Fsp3) is 0.294. The maximum atomic E-state index is 13.5. The van der Waals surface area contributed by atoms with Gasteiger partial charge in [0.25, 0.3) is 0 Å². The van der Waals surface area contributed by atoms with E-state index in [2.05, 4.69) is 5.32 Å². The third-order valence-corrected chi connectivity index (χ3v) is 3.86. The minimum Gasteiger partial charge on any atom is -0.485 e. The van der Waals surface area contributed by atoms with Crippen molar-refractivity contribution in [3.05, 3.63) is 65.2 Å². The SMILES string of the molecule is Cc1ccccc1OC(c1ccc(F)c(F)c1)C1CNC1.Cl. The van der Waals surface area contributed by atoms with Gasteiger partial charge in [-0.25, -0.2) is 8.78 Å². The molecular formula is C17H18ClF2NO. The second kappa shape index (κ2) is 7.07. The van der Waals surface area contributed by atoms with Gasteiger partial charge in [0, 0.05) is 19.0 Å². The average molecular weight is 326 g/mol. The van der Waals surface area contributed by atoms with E-state index in [1.165, 1.54) is 6.07 Å². The molecule has 1 N–H and O–H groups in total. The van der Waals surface area contributed by atoms with Crippen LogP contribution in [-0.4, -0.2) is 13.1 Å². The molecule has 2 nitrogen and oxygen atoms in total. The highest BCUT2D eigenvalue weighted by Gasteiger charge is 2.31. The van der Waals surface area contributed by atoms with Gasteiger partial charge < -0.3 is 10.1 Å². The molecule has 0 radical (unpaired) electrons. The monoisotopic (exact) mass is 325 g/mol. The van der Waals surface area contributed by atoms with Gasteiger partial charge in [0.1, 0.15) is 11.9 Å². The molecule has 2 aromatic rings. The van der Waals surface area contributed by atoms with E-state index in [4.69, 9.17) is 4.74 Å². The van der Waals surface area contributed by atoms with E-state index < -0.39 is 11.6 Å². The van der Waals surface area contributed by atoms with Gasteiger partial charge in [0.05, 0.1) is 0 Å². The number of hydrogen-bond donors (Lipinski definition) is 1. The standard InChI is InChI=1S/C17H17F2NO.ClH/c1-11-4-2-3-5-16(11)21-17(13-9-20-10-13)12-6-7-14(18)15(19)8-12;/h2-8,13,17,20H,9-10H2,1H3;1H. The Morgan fingerprint density at radius 1 is 1.09 bits per heavy atom. The van der Waals surface area contributed by atoms with Gasteiger partial charge in [-0.2, -0.15) is 0 Å². The molecule has 118 valence electrons. The molecule has 1 heterocycles. The number of halogens is 3. The van der Waals surface area contributed by atoms with E-state index in [-0.39, 0.29) is 24.4 Å². The zero-order chi connectivity index (χ0) is 14.8. The van der Waals surface area contributed by atoms with Crippen molar-refractivity contribution in [3.8, 4) is 5.75 Å². The molecule has 0 aliphatic carbocycles. The number of rotatable bonds is 4.